The minimum absolute atomic E-state index is 0.0221. The summed E-state index contributed by atoms with van der Waals surface area (Å²) in [6, 6.07) is 10.8. The third-order valence-corrected chi connectivity index (χ3v) is 4.99. The second-order valence-corrected chi connectivity index (χ2v) is 6.64. The van der Waals surface area contributed by atoms with E-state index < -0.39 is 0 Å². The summed E-state index contributed by atoms with van der Waals surface area (Å²) in [7, 11) is 0. The van der Waals surface area contributed by atoms with Crippen LogP contribution in [0.4, 0.5) is 0 Å². The Hall–Kier alpha value is -3.02. The SMILES string of the molecule is O=C(Cn1ccc(=O)c2ccccc21)N1CCCC(c2ccncn2)C1. The van der Waals surface area contributed by atoms with Crippen molar-refractivity contribution in [2.24, 2.45) is 0 Å². The molecule has 132 valence electrons. The second kappa shape index (κ2) is 7.07. The molecule has 6 heteroatoms. The Labute approximate surface area is 151 Å². The Morgan fingerprint density at radius 1 is 1.19 bits per heavy atom. The van der Waals surface area contributed by atoms with Crippen LogP contribution in [0.15, 0.2) is 59.9 Å². The normalized spacial score (nSPS) is 17.4. The first kappa shape index (κ1) is 16.4. The molecular formula is C20H20N4O2. The van der Waals surface area contributed by atoms with E-state index in [-0.39, 0.29) is 23.8 Å². The highest BCUT2D eigenvalue weighted by atomic mass is 16.2. The molecule has 0 saturated carbocycles. The number of pyridine rings is 1. The average molecular weight is 348 g/mol. The molecule has 3 heterocycles. The number of hydrogen-bond donors (Lipinski definition) is 0. The number of fused-ring (bicyclic) bond motifs is 1. The van der Waals surface area contributed by atoms with Crippen molar-refractivity contribution in [1.82, 2.24) is 19.4 Å². The molecule has 26 heavy (non-hydrogen) atoms. The van der Waals surface area contributed by atoms with Gasteiger partial charge in [0.05, 0.1) is 5.52 Å². The number of carbonyl (C=O) groups is 1. The Balaban J connectivity index is 1.53. The summed E-state index contributed by atoms with van der Waals surface area (Å²) in [5.41, 5.74) is 1.76. The van der Waals surface area contributed by atoms with Gasteiger partial charge in [0.25, 0.3) is 0 Å². The Morgan fingerprint density at radius 3 is 2.92 bits per heavy atom. The quantitative estimate of drug-likeness (QED) is 0.728. The van der Waals surface area contributed by atoms with Crippen LogP contribution < -0.4 is 5.43 Å². The van der Waals surface area contributed by atoms with Gasteiger partial charge in [-0.15, -0.1) is 0 Å². The number of carbonyl (C=O) groups excluding carboxylic acids is 1. The van der Waals surface area contributed by atoms with Crippen molar-refractivity contribution >= 4 is 16.8 Å². The second-order valence-electron chi connectivity index (χ2n) is 6.64. The fraction of sp³-hybridized carbons (Fsp3) is 0.300. The zero-order valence-corrected chi connectivity index (χ0v) is 14.4. The van der Waals surface area contributed by atoms with Crippen molar-refractivity contribution in [1.29, 1.82) is 0 Å². The van der Waals surface area contributed by atoms with Gasteiger partial charge < -0.3 is 9.47 Å². The van der Waals surface area contributed by atoms with Gasteiger partial charge in [0.15, 0.2) is 5.43 Å². The molecule has 1 saturated heterocycles. The molecule has 3 aromatic rings. The van der Waals surface area contributed by atoms with Crippen LogP contribution in [0.2, 0.25) is 0 Å². The van der Waals surface area contributed by atoms with Crippen LogP contribution in [-0.4, -0.2) is 38.4 Å². The number of nitrogens with zero attached hydrogens (tertiary/aromatic N) is 4. The minimum Gasteiger partial charge on any atom is -0.340 e. The topological polar surface area (TPSA) is 68.1 Å². The minimum atomic E-state index is -0.0221. The number of rotatable bonds is 3. The van der Waals surface area contributed by atoms with Crippen LogP contribution in [0.3, 0.4) is 0 Å². The third-order valence-electron chi connectivity index (χ3n) is 4.99. The molecule has 4 rings (SSSR count). The van der Waals surface area contributed by atoms with Crippen LogP contribution >= 0.6 is 0 Å². The number of amides is 1. The van der Waals surface area contributed by atoms with E-state index >= 15 is 0 Å². The van der Waals surface area contributed by atoms with Gasteiger partial charge in [-0.05, 0) is 31.0 Å². The average Bonchev–Trinajstić information content (AvgIpc) is 2.71. The van der Waals surface area contributed by atoms with Gasteiger partial charge in [0.1, 0.15) is 12.9 Å². The van der Waals surface area contributed by atoms with E-state index in [1.165, 1.54) is 6.07 Å². The first-order valence-corrected chi connectivity index (χ1v) is 8.84. The molecule has 1 amide bonds. The van der Waals surface area contributed by atoms with Crippen molar-refractivity contribution < 1.29 is 4.79 Å². The van der Waals surface area contributed by atoms with Crippen LogP contribution in [-0.2, 0) is 11.3 Å². The Bertz CT molecular complexity index is 984. The molecule has 0 bridgehead atoms. The van der Waals surface area contributed by atoms with Gasteiger partial charge in [-0.3, -0.25) is 9.59 Å². The first-order valence-electron chi connectivity index (χ1n) is 8.84. The maximum atomic E-state index is 12.9. The number of benzene rings is 1. The van der Waals surface area contributed by atoms with E-state index in [4.69, 9.17) is 0 Å². The monoisotopic (exact) mass is 348 g/mol. The summed E-state index contributed by atoms with van der Waals surface area (Å²) in [4.78, 5) is 35.1. The van der Waals surface area contributed by atoms with Gasteiger partial charge in [-0.1, -0.05) is 12.1 Å². The largest absolute Gasteiger partial charge is 0.340 e. The fourth-order valence-corrected chi connectivity index (χ4v) is 3.63. The molecule has 1 aliphatic heterocycles. The predicted octanol–water partition coefficient (Wildman–Crippen LogP) is 2.20. The van der Waals surface area contributed by atoms with Crippen molar-refractivity contribution in [2.45, 2.75) is 25.3 Å². The zero-order chi connectivity index (χ0) is 17.9. The molecule has 6 nitrogen and oxygen atoms in total. The highest BCUT2D eigenvalue weighted by Gasteiger charge is 2.25. The van der Waals surface area contributed by atoms with E-state index in [0.29, 0.717) is 11.9 Å². The van der Waals surface area contributed by atoms with Crippen molar-refractivity contribution in [2.75, 3.05) is 13.1 Å². The molecule has 1 aromatic carbocycles. The summed E-state index contributed by atoms with van der Waals surface area (Å²) in [5.74, 6) is 0.319. The Morgan fingerprint density at radius 2 is 2.08 bits per heavy atom. The van der Waals surface area contributed by atoms with E-state index in [0.717, 1.165) is 30.6 Å². The van der Waals surface area contributed by atoms with Crippen molar-refractivity contribution in [3.8, 4) is 0 Å². The number of hydrogen-bond acceptors (Lipinski definition) is 4. The van der Waals surface area contributed by atoms with E-state index in [1.54, 1.807) is 24.8 Å². The van der Waals surface area contributed by atoms with Crippen LogP contribution in [0, 0.1) is 0 Å². The van der Waals surface area contributed by atoms with E-state index in [1.807, 2.05) is 33.7 Å². The van der Waals surface area contributed by atoms with Crippen LogP contribution in [0.25, 0.3) is 10.9 Å². The number of piperidine rings is 1. The lowest BCUT2D eigenvalue weighted by Gasteiger charge is -2.32. The maximum absolute atomic E-state index is 12.9. The molecule has 1 aliphatic rings. The van der Waals surface area contributed by atoms with Gasteiger partial charge in [0.2, 0.25) is 5.91 Å². The summed E-state index contributed by atoms with van der Waals surface area (Å²) >= 11 is 0. The summed E-state index contributed by atoms with van der Waals surface area (Å²) in [6.07, 6.45) is 7.00. The molecule has 1 fully saturated rings. The number of aromatic nitrogens is 3. The summed E-state index contributed by atoms with van der Waals surface area (Å²) in [5, 5.41) is 0.639. The molecule has 0 N–H and O–H groups in total. The Kier molecular flexibility index (Phi) is 4.48. The smallest absolute Gasteiger partial charge is 0.242 e. The van der Waals surface area contributed by atoms with E-state index in [2.05, 4.69) is 9.97 Å². The fourth-order valence-electron chi connectivity index (χ4n) is 3.63. The molecule has 2 aromatic heterocycles. The highest BCUT2D eigenvalue weighted by Crippen LogP contribution is 2.25. The van der Waals surface area contributed by atoms with Gasteiger partial charge >= 0.3 is 0 Å². The van der Waals surface area contributed by atoms with Gasteiger partial charge in [-0.25, -0.2) is 9.97 Å². The van der Waals surface area contributed by atoms with Crippen molar-refractivity contribution in [3.63, 3.8) is 0 Å². The zero-order valence-electron chi connectivity index (χ0n) is 14.4. The maximum Gasteiger partial charge on any atom is 0.242 e. The molecular weight excluding hydrogens is 328 g/mol. The predicted molar refractivity (Wildman–Crippen MR) is 98.8 cm³/mol. The highest BCUT2D eigenvalue weighted by molar-refractivity contribution is 5.82. The molecule has 0 radical (unpaired) electrons. The standard InChI is InChI=1S/C20H20N4O2/c25-19-8-11-23(18-6-2-1-5-16(18)19)13-20(26)24-10-3-4-15(12-24)17-7-9-21-14-22-17/h1-2,5-9,11,14-15H,3-4,10,12-13H2. The summed E-state index contributed by atoms with van der Waals surface area (Å²) < 4.78 is 1.85. The first-order chi connectivity index (χ1) is 12.7. The van der Waals surface area contributed by atoms with Gasteiger partial charge in [-0.2, -0.15) is 0 Å². The van der Waals surface area contributed by atoms with Gasteiger partial charge in [0, 0.05) is 48.5 Å². The van der Waals surface area contributed by atoms with E-state index in [9.17, 15) is 9.59 Å². The van der Waals surface area contributed by atoms with Crippen LogP contribution in [0.1, 0.15) is 24.5 Å². The third kappa shape index (κ3) is 3.22. The molecule has 1 unspecified atom stereocenters. The lowest BCUT2D eigenvalue weighted by atomic mass is 9.94. The van der Waals surface area contributed by atoms with Crippen LogP contribution in [0.5, 0.6) is 0 Å². The van der Waals surface area contributed by atoms with Crippen molar-refractivity contribution in [3.05, 3.63) is 71.0 Å². The molecule has 1 atom stereocenters. The summed E-state index contributed by atoms with van der Waals surface area (Å²) in [6.45, 7) is 1.67. The lowest BCUT2D eigenvalue weighted by Crippen LogP contribution is -2.41. The number of likely N-dealkylation sites (tertiary alicyclic amines) is 1. The number of para-hydroxylation sites is 1. The molecule has 0 aliphatic carbocycles. The molecule has 0 spiro atoms. The lowest BCUT2D eigenvalue weighted by molar-refractivity contribution is -0.133.